The van der Waals surface area contributed by atoms with Gasteiger partial charge in [-0.25, -0.2) is 0 Å². The molecule has 0 bridgehead atoms. The number of amides is 2. The Hall–Kier alpha value is -3.02. The predicted molar refractivity (Wildman–Crippen MR) is 106 cm³/mol. The van der Waals surface area contributed by atoms with Crippen molar-refractivity contribution in [1.29, 1.82) is 0 Å². The van der Waals surface area contributed by atoms with Crippen molar-refractivity contribution >= 4 is 23.2 Å². The molecule has 3 rings (SSSR count). The van der Waals surface area contributed by atoms with E-state index in [1.54, 1.807) is 25.2 Å². The fourth-order valence-electron chi connectivity index (χ4n) is 2.92. The number of nitrogens with one attached hydrogen (secondary N) is 2. The first kappa shape index (κ1) is 18.8. The van der Waals surface area contributed by atoms with Gasteiger partial charge in [0, 0.05) is 30.9 Å². The third kappa shape index (κ3) is 4.39. The fraction of sp³-hybridized carbons (Fsp3) is 0.333. The second-order valence-corrected chi connectivity index (χ2v) is 6.99. The van der Waals surface area contributed by atoms with Crippen LogP contribution in [0.15, 0.2) is 48.5 Å². The zero-order valence-electron chi connectivity index (χ0n) is 15.9. The normalized spacial score (nSPS) is 14.4. The van der Waals surface area contributed by atoms with Crippen molar-refractivity contribution in [1.82, 2.24) is 5.32 Å². The number of benzene rings is 2. The zero-order valence-corrected chi connectivity index (χ0v) is 15.9. The molecule has 0 aromatic heterocycles. The van der Waals surface area contributed by atoms with Crippen molar-refractivity contribution < 1.29 is 14.3 Å². The first-order chi connectivity index (χ1) is 13.0. The molecule has 0 saturated heterocycles. The molecule has 0 spiro atoms. The molecular formula is C21H25N3O3. The van der Waals surface area contributed by atoms with Crippen LogP contribution in [-0.2, 0) is 4.79 Å². The minimum Gasteiger partial charge on any atom is -0.482 e. The molecule has 0 saturated carbocycles. The Kier molecular flexibility index (Phi) is 5.64. The molecule has 2 N–H and O–H groups in total. The van der Waals surface area contributed by atoms with Crippen LogP contribution in [-0.4, -0.2) is 38.1 Å². The number of carbonyl (C=O) groups excluding carboxylic acids is 2. The Morgan fingerprint density at radius 2 is 1.93 bits per heavy atom. The van der Waals surface area contributed by atoms with E-state index < -0.39 is 0 Å². The third-order valence-electron chi connectivity index (χ3n) is 4.72. The lowest BCUT2D eigenvalue weighted by atomic mass is 10.0. The van der Waals surface area contributed by atoms with E-state index in [0.717, 1.165) is 5.69 Å². The topological polar surface area (TPSA) is 70.7 Å². The van der Waals surface area contributed by atoms with Crippen LogP contribution in [0.4, 0.5) is 11.4 Å². The van der Waals surface area contributed by atoms with Gasteiger partial charge in [0.05, 0.1) is 5.69 Å². The van der Waals surface area contributed by atoms with E-state index in [0.29, 0.717) is 29.5 Å². The Balaban J connectivity index is 1.67. The van der Waals surface area contributed by atoms with Gasteiger partial charge in [-0.2, -0.15) is 0 Å². The van der Waals surface area contributed by atoms with Crippen molar-refractivity contribution in [3.05, 3.63) is 54.1 Å². The van der Waals surface area contributed by atoms with E-state index in [9.17, 15) is 9.59 Å². The lowest BCUT2D eigenvalue weighted by Gasteiger charge is -2.26. The first-order valence-corrected chi connectivity index (χ1v) is 9.09. The molecule has 2 aromatic rings. The Morgan fingerprint density at radius 1 is 1.19 bits per heavy atom. The maximum Gasteiger partial charge on any atom is 0.264 e. The number of fused-ring (bicyclic) bond motifs is 1. The highest BCUT2D eigenvalue weighted by Gasteiger charge is 2.23. The standard InChI is InChI=1S/C21H25N3O3/c1-14(2)17(23-16-7-5-4-6-8-16)12-22-21(26)15-9-10-19-18(11-15)24(3)20(25)13-27-19/h4-11,14,17,23H,12-13H2,1-3H3,(H,22,26). The summed E-state index contributed by atoms with van der Waals surface area (Å²) in [6.07, 6.45) is 0. The number of carbonyl (C=O) groups is 2. The average molecular weight is 367 g/mol. The molecule has 2 aromatic carbocycles. The summed E-state index contributed by atoms with van der Waals surface area (Å²) in [4.78, 5) is 25.9. The summed E-state index contributed by atoms with van der Waals surface area (Å²) in [5.41, 5.74) is 2.14. The smallest absolute Gasteiger partial charge is 0.264 e. The molecule has 0 fully saturated rings. The van der Waals surface area contributed by atoms with Crippen LogP contribution in [0.1, 0.15) is 24.2 Å². The number of hydrogen-bond acceptors (Lipinski definition) is 4. The molecule has 1 aliphatic rings. The molecule has 0 aliphatic carbocycles. The summed E-state index contributed by atoms with van der Waals surface area (Å²) < 4.78 is 5.40. The van der Waals surface area contributed by atoms with Crippen LogP contribution in [0.5, 0.6) is 5.75 Å². The maximum absolute atomic E-state index is 12.6. The zero-order chi connectivity index (χ0) is 19.4. The van der Waals surface area contributed by atoms with E-state index >= 15 is 0 Å². The van der Waals surface area contributed by atoms with Crippen LogP contribution in [0.25, 0.3) is 0 Å². The van der Waals surface area contributed by atoms with Gasteiger partial charge in [-0.15, -0.1) is 0 Å². The number of nitrogens with zero attached hydrogens (tertiary/aromatic N) is 1. The summed E-state index contributed by atoms with van der Waals surface area (Å²) in [6, 6.07) is 15.2. The highest BCUT2D eigenvalue weighted by atomic mass is 16.5. The second kappa shape index (κ2) is 8.12. The van der Waals surface area contributed by atoms with E-state index in [-0.39, 0.29) is 24.5 Å². The monoisotopic (exact) mass is 367 g/mol. The molecule has 6 heteroatoms. The molecular weight excluding hydrogens is 342 g/mol. The van der Waals surface area contributed by atoms with E-state index in [4.69, 9.17) is 4.74 Å². The number of anilines is 2. The summed E-state index contributed by atoms with van der Waals surface area (Å²) in [5, 5.41) is 6.45. The lowest BCUT2D eigenvalue weighted by Crippen LogP contribution is -2.40. The number of hydrogen-bond donors (Lipinski definition) is 2. The van der Waals surface area contributed by atoms with Gasteiger partial charge in [0.25, 0.3) is 11.8 Å². The quantitative estimate of drug-likeness (QED) is 0.824. The van der Waals surface area contributed by atoms with Gasteiger partial charge < -0.3 is 20.3 Å². The number of ether oxygens (including phenoxy) is 1. The molecule has 1 atom stereocenters. The molecule has 27 heavy (non-hydrogen) atoms. The highest BCUT2D eigenvalue weighted by Crippen LogP contribution is 2.31. The Labute approximate surface area is 159 Å². The summed E-state index contributed by atoms with van der Waals surface area (Å²) in [6.45, 7) is 4.75. The number of likely N-dealkylation sites (N-methyl/N-ethyl adjacent to an activating group) is 1. The average Bonchev–Trinajstić information content (AvgIpc) is 2.68. The molecule has 1 heterocycles. The van der Waals surface area contributed by atoms with E-state index in [1.165, 1.54) is 4.90 Å². The molecule has 1 aliphatic heterocycles. The number of para-hydroxylation sites is 1. The van der Waals surface area contributed by atoms with Gasteiger partial charge in [-0.1, -0.05) is 32.0 Å². The maximum atomic E-state index is 12.6. The Bertz CT molecular complexity index is 821. The molecule has 2 amide bonds. The van der Waals surface area contributed by atoms with Crippen LogP contribution in [0.2, 0.25) is 0 Å². The summed E-state index contributed by atoms with van der Waals surface area (Å²) >= 11 is 0. The van der Waals surface area contributed by atoms with E-state index in [1.807, 2.05) is 30.3 Å². The van der Waals surface area contributed by atoms with Crippen molar-refractivity contribution in [2.45, 2.75) is 19.9 Å². The van der Waals surface area contributed by atoms with Gasteiger partial charge in [-0.3, -0.25) is 9.59 Å². The van der Waals surface area contributed by atoms with E-state index in [2.05, 4.69) is 24.5 Å². The summed E-state index contributed by atoms with van der Waals surface area (Å²) in [7, 11) is 1.68. The summed E-state index contributed by atoms with van der Waals surface area (Å²) in [5.74, 6) is 0.641. The van der Waals surface area contributed by atoms with Gasteiger partial charge >= 0.3 is 0 Å². The van der Waals surface area contributed by atoms with Crippen LogP contribution >= 0.6 is 0 Å². The minimum absolute atomic E-state index is 0.0241. The van der Waals surface area contributed by atoms with Crippen LogP contribution in [0, 0.1) is 5.92 Å². The Morgan fingerprint density at radius 3 is 2.63 bits per heavy atom. The second-order valence-electron chi connectivity index (χ2n) is 6.99. The number of rotatable bonds is 6. The SMILES string of the molecule is CC(C)C(CNC(=O)c1ccc2c(c1)N(C)C(=O)CO2)Nc1ccccc1. The highest BCUT2D eigenvalue weighted by molar-refractivity contribution is 6.00. The largest absolute Gasteiger partial charge is 0.482 e. The molecule has 6 nitrogen and oxygen atoms in total. The predicted octanol–water partition coefficient (Wildman–Crippen LogP) is 2.91. The van der Waals surface area contributed by atoms with Crippen molar-refractivity contribution in [2.75, 3.05) is 30.4 Å². The van der Waals surface area contributed by atoms with Gasteiger partial charge in [0.2, 0.25) is 0 Å². The third-order valence-corrected chi connectivity index (χ3v) is 4.72. The first-order valence-electron chi connectivity index (χ1n) is 9.09. The van der Waals surface area contributed by atoms with Crippen molar-refractivity contribution in [3.8, 4) is 5.75 Å². The minimum atomic E-state index is -0.176. The molecule has 142 valence electrons. The van der Waals surface area contributed by atoms with Crippen LogP contribution in [0.3, 0.4) is 0 Å². The van der Waals surface area contributed by atoms with Crippen molar-refractivity contribution in [2.24, 2.45) is 5.92 Å². The molecule has 0 radical (unpaired) electrons. The van der Waals surface area contributed by atoms with Crippen LogP contribution < -0.4 is 20.3 Å². The van der Waals surface area contributed by atoms with Crippen molar-refractivity contribution in [3.63, 3.8) is 0 Å². The van der Waals surface area contributed by atoms with Gasteiger partial charge in [0.1, 0.15) is 5.75 Å². The van der Waals surface area contributed by atoms with Gasteiger partial charge in [0.15, 0.2) is 6.61 Å². The molecule has 1 unspecified atom stereocenters. The fourth-order valence-corrected chi connectivity index (χ4v) is 2.92. The van der Waals surface area contributed by atoms with Gasteiger partial charge in [-0.05, 0) is 36.2 Å². The lowest BCUT2D eigenvalue weighted by molar-refractivity contribution is -0.120.